The Morgan fingerprint density at radius 2 is 2.35 bits per heavy atom. The van der Waals surface area contributed by atoms with Crippen LogP contribution in [-0.4, -0.2) is 15.3 Å². The number of aromatic nitrogens is 2. The summed E-state index contributed by atoms with van der Waals surface area (Å²) in [7, 11) is 0. The molecule has 0 atom stereocenters. The van der Waals surface area contributed by atoms with Gasteiger partial charge in [-0.15, -0.1) is 11.3 Å². The summed E-state index contributed by atoms with van der Waals surface area (Å²) in [4.78, 5) is 17.1. The van der Waals surface area contributed by atoms with Gasteiger partial charge >= 0.3 is 0 Å². The molecule has 7 heteroatoms. The van der Waals surface area contributed by atoms with E-state index in [-0.39, 0.29) is 12.1 Å². The molecule has 0 spiro atoms. The second-order valence-corrected chi connectivity index (χ2v) is 5.92. The zero-order chi connectivity index (χ0) is 14.1. The van der Waals surface area contributed by atoms with Gasteiger partial charge < -0.3 is 5.32 Å². The number of thiazole rings is 1. The molecular weight excluding hydrogens is 345 g/mol. The van der Waals surface area contributed by atoms with Crippen LogP contribution >= 0.6 is 27.3 Å². The molecule has 3 aromatic rings. The summed E-state index contributed by atoms with van der Waals surface area (Å²) in [5, 5.41) is 4.60. The number of amides is 1. The van der Waals surface area contributed by atoms with Crippen molar-refractivity contribution in [2.75, 3.05) is 0 Å². The standard InChI is InChI=1S/C13H9BrFN3OS/c14-8-1-2-11(15)10(5-8)12(19)16-6-9-7-18-3-4-20-13(18)17-9/h1-5,7H,6H2,(H,16,19). The minimum absolute atomic E-state index is 0.0143. The molecule has 4 nitrogen and oxygen atoms in total. The first-order chi connectivity index (χ1) is 9.63. The molecule has 0 saturated heterocycles. The Hall–Kier alpha value is -1.73. The maximum absolute atomic E-state index is 13.6. The van der Waals surface area contributed by atoms with E-state index in [4.69, 9.17) is 0 Å². The van der Waals surface area contributed by atoms with Crippen LogP contribution < -0.4 is 5.32 Å². The minimum atomic E-state index is -0.545. The summed E-state index contributed by atoms with van der Waals surface area (Å²) in [6.45, 7) is 0.263. The second-order valence-electron chi connectivity index (χ2n) is 4.13. The number of carbonyl (C=O) groups excluding carboxylic acids is 1. The molecule has 20 heavy (non-hydrogen) atoms. The van der Waals surface area contributed by atoms with Crippen molar-refractivity contribution >= 4 is 38.1 Å². The van der Waals surface area contributed by atoms with E-state index in [0.717, 1.165) is 10.7 Å². The highest BCUT2D eigenvalue weighted by Gasteiger charge is 2.12. The molecule has 0 bridgehead atoms. The summed E-state index contributed by atoms with van der Waals surface area (Å²) in [5.74, 6) is -1.00. The molecular formula is C13H9BrFN3OS. The van der Waals surface area contributed by atoms with Crippen LogP contribution in [-0.2, 0) is 6.54 Å². The lowest BCUT2D eigenvalue weighted by atomic mass is 10.2. The Balaban J connectivity index is 1.73. The fraction of sp³-hybridized carbons (Fsp3) is 0.0769. The number of nitrogens with one attached hydrogen (secondary N) is 1. The number of benzene rings is 1. The first-order valence-corrected chi connectivity index (χ1v) is 7.45. The lowest BCUT2D eigenvalue weighted by Gasteiger charge is -2.05. The number of imidazole rings is 1. The van der Waals surface area contributed by atoms with Crippen molar-refractivity contribution in [3.63, 3.8) is 0 Å². The van der Waals surface area contributed by atoms with E-state index < -0.39 is 11.7 Å². The average molecular weight is 354 g/mol. The van der Waals surface area contributed by atoms with Crippen molar-refractivity contribution < 1.29 is 9.18 Å². The van der Waals surface area contributed by atoms with E-state index in [9.17, 15) is 9.18 Å². The summed E-state index contributed by atoms with van der Waals surface area (Å²) in [5.41, 5.74) is 0.751. The predicted octanol–water partition coefficient (Wildman–Crippen LogP) is 3.23. The van der Waals surface area contributed by atoms with E-state index in [1.165, 1.54) is 23.5 Å². The molecule has 1 amide bonds. The lowest BCUT2D eigenvalue weighted by Crippen LogP contribution is -2.24. The Kier molecular flexibility index (Phi) is 3.54. The highest BCUT2D eigenvalue weighted by atomic mass is 79.9. The number of hydrogen-bond donors (Lipinski definition) is 1. The first kappa shape index (κ1) is 13.3. The molecule has 0 aliphatic carbocycles. The van der Waals surface area contributed by atoms with Crippen LogP contribution in [0.2, 0.25) is 0 Å². The van der Waals surface area contributed by atoms with Gasteiger partial charge in [-0.25, -0.2) is 9.37 Å². The zero-order valence-corrected chi connectivity index (χ0v) is 12.5. The molecule has 0 unspecified atom stereocenters. The molecule has 0 fully saturated rings. The van der Waals surface area contributed by atoms with Crippen molar-refractivity contribution in [3.05, 3.63) is 57.5 Å². The molecule has 3 rings (SSSR count). The third-order valence-corrected chi connectivity index (χ3v) is 4.01. The van der Waals surface area contributed by atoms with Gasteiger partial charge in [-0.05, 0) is 18.2 Å². The second kappa shape index (κ2) is 5.34. The third kappa shape index (κ3) is 2.59. The molecule has 1 aromatic carbocycles. The van der Waals surface area contributed by atoms with Gasteiger partial charge in [0.05, 0.1) is 17.8 Å². The maximum atomic E-state index is 13.6. The first-order valence-electron chi connectivity index (χ1n) is 5.78. The molecule has 2 heterocycles. The van der Waals surface area contributed by atoms with Crippen molar-refractivity contribution in [1.29, 1.82) is 0 Å². The van der Waals surface area contributed by atoms with Gasteiger partial charge in [0, 0.05) is 22.2 Å². The van der Waals surface area contributed by atoms with Crippen LogP contribution in [0.5, 0.6) is 0 Å². The predicted molar refractivity (Wildman–Crippen MR) is 78.3 cm³/mol. The normalized spacial score (nSPS) is 10.9. The van der Waals surface area contributed by atoms with E-state index in [1.54, 1.807) is 6.07 Å². The van der Waals surface area contributed by atoms with Gasteiger partial charge in [-0.1, -0.05) is 15.9 Å². The Labute approximate surface area is 126 Å². The summed E-state index contributed by atoms with van der Waals surface area (Å²) in [6, 6.07) is 4.26. The number of carbonyl (C=O) groups is 1. The minimum Gasteiger partial charge on any atom is -0.346 e. The van der Waals surface area contributed by atoms with Crippen LogP contribution in [0, 0.1) is 5.82 Å². The Morgan fingerprint density at radius 3 is 3.15 bits per heavy atom. The van der Waals surface area contributed by atoms with E-state index in [0.29, 0.717) is 4.47 Å². The van der Waals surface area contributed by atoms with Crippen molar-refractivity contribution in [2.24, 2.45) is 0 Å². The van der Waals surface area contributed by atoms with Crippen LogP contribution in [0.4, 0.5) is 4.39 Å². The fourth-order valence-corrected chi connectivity index (χ4v) is 2.88. The van der Waals surface area contributed by atoms with Gasteiger partial charge in [-0.3, -0.25) is 9.20 Å². The number of fused-ring (bicyclic) bond motifs is 1. The average Bonchev–Trinajstić information content (AvgIpc) is 2.99. The van der Waals surface area contributed by atoms with E-state index in [1.807, 2.05) is 22.2 Å². The number of halogens is 2. The SMILES string of the molecule is O=C(NCc1cn2ccsc2n1)c1cc(Br)ccc1F. The molecule has 102 valence electrons. The van der Waals surface area contributed by atoms with Gasteiger partial charge in [-0.2, -0.15) is 0 Å². The quantitative estimate of drug-likeness (QED) is 0.785. The van der Waals surface area contributed by atoms with E-state index in [2.05, 4.69) is 26.2 Å². The van der Waals surface area contributed by atoms with Crippen molar-refractivity contribution in [2.45, 2.75) is 6.54 Å². The molecule has 2 aromatic heterocycles. The highest BCUT2D eigenvalue weighted by Crippen LogP contribution is 2.16. The summed E-state index contributed by atoms with van der Waals surface area (Å²) < 4.78 is 16.1. The number of rotatable bonds is 3. The van der Waals surface area contributed by atoms with Crippen LogP contribution in [0.3, 0.4) is 0 Å². The third-order valence-electron chi connectivity index (χ3n) is 2.75. The largest absolute Gasteiger partial charge is 0.346 e. The van der Waals surface area contributed by atoms with Crippen LogP contribution in [0.25, 0.3) is 4.96 Å². The fourth-order valence-electron chi connectivity index (χ4n) is 1.80. The van der Waals surface area contributed by atoms with Gasteiger partial charge in [0.1, 0.15) is 5.82 Å². The zero-order valence-electron chi connectivity index (χ0n) is 10.1. The molecule has 0 radical (unpaired) electrons. The van der Waals surface area contributed by atoms with Gasteiger partial charge in [0.2, 0.25) is 0 Å². The van der Waals surface area contributed by atoms with Crippen molar-refractivity contribution in [1.82, 2.24) is 14.7 Å². The van der Waals surface area contributed by atoms with Crippen LogP contribution in [0.1, 0.15) is 16.1 Å². The van der Waals surface area contributed by atoms with Gasteiger partial charge in [0.15, 0.2) is 4.96 Å². The highest BCUT2D eigenvalue weighted by molar-refractivity contribution is 9.10. The smallest absolute Gasteiger partial charge is 0.254 e. The Bertz CT molecular complexity index is 754. The summed E-state index contributed by atoms with van der Waals surface area (Å²) >= 11 is 4.73. The summed E-state index contributed by atoms with van der Waals surface area (Å²) in [6.07, 6.45) is 3.73. The van der Waals surface area contributed by atoms with Crippen LogP contribution in [0.15, 0.2) is 40.4 Å². The number of hydrogen-bond acceptors (Lipinski definition) is 3. The number of nitrogens with zero attached hydrogens (tertiary/aromatic N) is 2. The van der Waals surface area contributed by atoms with Gasteiger partial charge in [0.25, 0.3) is 5.91 Å². The van der Waals surface area contributed by atoms with Crippen molar-refractivity contribution in [3.8, 4) is 0 Å². The molecule has 0 aliphatic heterocycles. The maximum Gasteiger partial charge on any atom is 0.254 e. The lowest BCUT2D eigenvalue weighted by molar-refractivity contribution is 0.0946. The van der Waals surface area contributed by atoms with E-state index >= 15 is 0 Å². The molecule has 0 saturated carbocycles. The molecule has 0 aliphatic rings. The Morgan fingerprint density at radius 1 is 1.50 bits per heavy atom. The topological polar surface area (TPSA) is 46.4 Å². The monoisotopic (exact) mass is 353 g/mol. The molecule has 1 N–H and O–H groups in total.